The van der Waals surface area contributed by atoms with Crippen LogP contribution in [-0.2, 0) is 0 Å². The quantitative estimate of drug-likeness (QED) is 0.605. The van der Waals surface area contributed by atoms with E-state index in [1.807, 2.05) is 0 Å². The Bertz CT molecular complexity index is 215. The number of nitrogens with one attached hydrogen (secondary N) is 1. The van der Waals surface area contributed by atoms with Crippen molar-refractivity contribution in [1.82, 2.24) is 5.32 Å². The van der Waals surface area contributed by atoms with E-state index in [1.165, 1.54) is 38.8 Å². The van der Waals surface area contributed by atoms with Crippen molar-refractivity contribution in [2.24, 2.45) is 23.7 Å². The van der Waals surface area contributed by atoms with Crippen molar-refractivity contribution in [2.75, 3.05) is 13.1 Å². The lowest BCUT2D eigenvalue weighted by Crippen LogP contribution is -2.35. The van der Waals surface area contributed by atoms with Gasteiger partial charge in [-0.3, -0.25) is 0 Å². The van der Waals surface area contributed by atoms with Crippen LogP contribution in [0, 0.1) is 23.7 Å². The Balaban J connectivity index is 1.68. The van der Waals surface area contributed by atoms with E-state index in [4.69, 9.17) is 0 Å². The largest absolute Gasteiger partial charge is 0.316 e. The van der Waals surface area contributed by atoms with Crippen molar-refractivity contribution in [3.8, 4) is 0 Å². The zero-order valence-electron chi connectivity index (χ0n) is 8.21. The standard InChI is InChI=1S/C12H19N/c1-2-11(8-13-5-1)12-7-9-3-4-10(12)6-9/h3-4,9-13H,1-2,5-8H2. The second-order valence-electron chi connectivity index (χ2n) is 5.05. The van der Waals surface area contributed by atoms with Gasteiger partial charge in [0.15, 0.2) is 0 Å². The van der Waals surface area contributed by atoms with Gasteiger partial charge in [-0.25, -0.2) is 0 Å². The van der Waals surface area contributed by atoms with Crippen LogP contribution in [-0.4, -0.2) is 13.1 Å². The predicted molar refractivity (Wildman–Crippen MR) is 54.4 cm³/mol. The molecule has 3 aliphatic rings. The molecule has 3 rings (SSSR count). The summed E-state index contributed by atoms with van der Waals surface area (Å²) in [5.41, 5.74) is 0. The van der Waals surface area contributed by atoms with Crippen LogP contribution in [0.5, 0.6) is 0 Å². The van der Waals surface area contributed by atoms with Crippen molar-refractivity contribution in [2.45, 2.75) is 25.7 Å². The summed E-state index contributed by atoms with van der Waals surface area (Å²) in [5.74, 6) is 3.93. The molecule has 1 N–H and O–H groups in total. The van der Waals surface area contributed by atoms with Gasteiger partial charge in [0.2, 0.25) is 0 Å². The van der Waals surface area contributed by atoms with Crippen LogP contribution in [0.2, 0.25) is 0 Å². The Hall–Kier alpha value is -0.300. The highest BCUT2D eigenvalue weighted by molar-refractivity contribution is 5.11. The summed E-state index contributed by atoms with van der Waals surface area (Å²) in [5, 5.41) is 3.55. The molecule has 1 saturated heterocycles. The number of fused-ring (bicyclic) bond motifs is 2. The minimum atomic E-state index is 0.954. The number of hydrogen-bond acceptors (Lipinski definition) is 1. The van der Waals surface area contributed by atoms with Gasteiger partial charge in [-0.1, -0.05) is 12.2 Å². The molecule has 0 amide bonds. The second-order valence-corrected chi connectivity index (χ2v) is 5.05. The van der Waals surface area contributed by atoms with Crippen molar-refractivity contribution >= 4 is 0 Å². The van der Waals surface area contributed by atoms with Crippen molar-refractivity contribution in [3.05, 3.63) is 12.2 Å². The van der Waals surface area contributed by atoms with E-state index in [0.29, 0.717) is 0 Å². The first kappa shape index (κ1) is 8.05. The molecule has 1 nitrogen and oxygen atoms in total. The fourth-order valence-corrected chi connectivity index (χ4v) is 3.61. The van der Waals surface area contributed by atoms with Crippen LogP contribution in [0.3, 0.4) is 0 Å². The zero-order chi connectivity index (χ0) is 8.67. The third-order valence-corrected chi connectivity index (χ3v) is 4.27. The Morgan fingerprint density at radius 2 is 2.15 bits per heavy atom. The van der Waals surface area contributed by atoms with Gasteiger partial charge >= 0.3 is 0 Å². The summed E-state index contributed by atoms with van der Waals surface area (Å²) in [7, 11) is 0. The molecule has 2 bridgehead atoms. The second kappa shape index (κ2) is 3.13. The van der Waals surface area contributed by atoms with Crippen molar-refractivity contribution in [3.63, 3.8) is 0 Å². The van der Waals surface area contributed by atoms with E-state index in [1.54, 1.807) is 0 Å². The molecule has 1 aliphatic heterocycles. The molecule has 2 fully saturated rings. The molecule has 0 radical (unpaired) electrons. The van der Waals surface area contributed by atoms with Gasteiger partial charge in [-0.05, 0) is 62.4 Å². The first-order valence-electron chi connectivity index (χ1n) is 5.82. The van der Waals surface area contributed by atoms with Gasteiger partial charge in [0.05, 0.1) is 0 Å². The monoisotopic (exact) mass is 177 g/mol. The van der Waals surface area contributed by atoms with Crippen molar-refractivity contribution in [1.29, 1.82) is 0 Å². The summed E-state index contributed by atoms with van der Waals surface area (Å²) in [4.78, 5) is 0. The smallest absolute Gasteiger partial charge is 0.00176 e. The molecule has 1 heterocycles. The molecule has 1 heteroatoms. The molecule has 13 heavy (non-hydrogen) atoms. The van der Waals surface area contributed by atoms with Gasteiger partial charge in [-0.15, -0.1) is 0 Å². The average molecular weight is 177 g/mol. The normalized spacial score (nSPS) is 48.6. The Kier molecular flexibility index (Phi) is 1.93. The lowest BCUT2D eigenvalue weighted by molar-refractivity contribution is 0.233. The molecule has 2 aliphatic carbocycles. The van der Waals surface area contributed by atoms with Crippen molar-refractivity contribution < 1.29 is 0 Å². The number of rotatable bonds is 1. The van der Waals surface area contributed by atoms with E-state index in [2.05, 4.69) is 17.5 Å². The lowest BCUT2D eigenvalue weighted by Gasteiger charge is -2.31. The fourth-order valence-electron chi connectivity index (χ4n) is 3.61. The lowest BCUT2D eigenvalue weighted by atomic mass is 9.78. The maximum atomic E-state index is 3.55. The van der Waals surface area contributed by atoms with Gasteiger partial charge in [0, 0.05) is 0 Å². The van der Waals surface area contributed by atoms with Crippen LogP contribution in [0.4, 0.5) is 0 Å². The first-order valence-corrected chi connectivity index (χ1v) is 5.82. The SMILES string of the molecule is C1=CC2CC1CC2C1CCCNC1. The highest BCUT2D eigenvalue weighted by atomic mass is 14.9. The molecule has 0 aromatic heterocycles. The molecular formula is C12H19N. The van der Waals surface area contributed by atoms with E-state index < -0.39 is 0 Å². The van der Waals surface area contributed by atoms with Gasteiger partial charge in [0.1, 0.15) is 0 Å². The number of allylic oxidation sites excluding steroid dienone is 2. The van der Waals surface area contributed by atoms with Crippen LogP contribution < -0.4 is 5.32 Å². The van der Waals surface area contributed by atoms with Gasteiger partial charge in [0.25, 0.3) is 0 Å². The minimum Gasteiger partial charge on any atom is -0.316 e. The molecule has 0 aromatic rings. The third-order valence-electron chi connectivity index (χ3n) is 4.27. The summed E-state index contributed by atoms with van der Waals surface area (Å²) in [6.07, 6.45) is 10.8. The van der Waals surface area contributed by atoms with Crippen LogP contribution in [0.15, 0.2) is 12.2 Å². The Morgan fingerprint density at radius 1 is 1.15 bits per heavy atom. The van der Waals surface area contributed by atoms with E-state index in [-0.39, 0.29) is 0 Å². The molecule has 0 spiro atoms. The zero-order valence-corrected chi connectivity index (χ0v) is 8.21. The minimum absolute atomic E-state index is 0.954. The summed E-state index contributed by atoms with van der Waals surface area (Å²) >= 11 is 0. The number of hydrogen-bond donors (Lipinski definition) is 1. The van der Waals surface area contributed by atoms with Crippen LogP contribution in [0.25, 0.3) is 0 Å². The average Bonchev–Trinajstić information content (AvgIpc) is 2.80. The predicted octanol–water partition coefficient (Wildman–Crippen LogP) is 2.20. The molecule has 1 saturated carbocycles. The summed E-state index contributed by atoms with van der Waals surface area (Å²) in [6.45, 7) is 2.55. The molecule has 4 atom stereocenters. The first-order chi connectivity index (χ1) is 6.43. The molecule has 72 valence electrons. The van der Waals surface area contributed by atoms with E-state index >= 15 is 0 Å². The maximum Gasteiger partial charge on any atom is -0.00176 e. The Morgan fingerprint density at radius 3 is 2.77 bits per heavy atom. The van der Waals surface area contributed by atoms with E-state index in [0.717, 1.165) is 23.7 Å². The number of piperidine rings is 1. The molecule has 0 aromatic carbocycles. The van der Waals surface area contributed by atoms with Gasteiger partial charge in [-0.2, -0.15) is 0 Å². The highest BCUT2D eigenvalue weighted by Gasteiger charge is 2.39. The topological polar surface area (TPSA) is 12.0 Å². The summed E-state index contributed by atoms with van der Waals surface area (Å²) < 4.78 is 0. The fraction of sp³-hybridized carbons (Fsp3) is 0.833. The maximum absolute atomic E-state index is 3.55. The van der Waals surface area contributed by atoms with E-state index in [9.17, 15) is 0 Å². The third kappa shape index (κ3) is 1.34. The van der Waals surface area contributed by atoms with Gasteiger partial charge < -0.3 is 5.32 Å². The van der Waals surface area contributed by atoms with Crippen LogP contribution >= 0.6 is 0 Å². The highest BCUT2D eigenvalue weighted by Crippen LogP contribution is 2.47. The van der Waals surface area contributed by atoms with Crippen LogP contribution in [0.1, 0.15) is 25.7 Å². The summed E-state index contributed by atoms with van der Waals surface area (Å²) in [6, 6.07) is 0. The molecule has 4 unspecified atom stereocenters. The molecular weight excluding hydrogens is 158 g/mol. The Labute approximate surface area is 80.6 Å².